The van der Waals surface area contributed by atoms with Crippen LogP contribution in [0, 0.1) is 17.1 Å². The maximum Gasteiger partial charge on any atom is 0.338 e. The maximum absolute atomic E-state index is 13.5. The quantitative estimate of drug-likeness (QED) is 0.916. The third-order valence-electron chi connectivity index (χ3n) is 2.88. The molecule has 0 aliphatic carbocycles. The van der Waals surface area contributed by atoms with Crippen LogP contribution in [-0.2, 0) is 13.0 Å². The molecule has 106 valence electrons. The minimum Gasteiger partial charge on any atom is -0.489 e. The second kappa shape index (κ2) is 6.53. The van der Waals surface area contributed by atoms with Crippen LogP contribution in [0.25, 0.3) is 0 Å². The zero-order valence-electron chi connectivity index (χ0n) is 11.0. The van der Waals surface area contributed by atoms with E-state index in [0.717, 1.165) is 11.6 Å². The molecular weight excluding hydrogens is 273 g/mol. The van der Waals surface area contributed by atoms with Gasteiger partial charge in [-0.2, -0.15) is 5.26 Å². The van der Waals surface area contributed by atoms with Crippen LogP contribution in [0.2, 0.25) is 0 Å². The largest absolute Gasteiger partial charge is 0.489 e. The molecule has 0 amide bonds. The molecule has 0 spiro atoms. The van der Waals surface area contributed by atoms with E-state index < -0.39 is 11.8 Å². The minimum atomic E-state index is -1.30. The number of nitriles is 1. The van der Waals surface area contributed by atoms with Crippen molar-refractivity contribution >= 4 is 5.97 Å². The summed E-state index contributed by atoms with van der Waals surface area (Å²) in [6.07, 6.45) is 0.335. The van der Waals surface area contributed by atoms with Crippen molar-refractivity contribution in [3.05, 3.63) is 65.0 Å². The summed E-state index contributed by atoms with van der Waals surface area (Å²) in [5.74, 6) is -1.49. The summed E-state index contributed by atoms with van der Waals surface area (Å²) in [6.45, 7) is 0.133. The molecule has 0 aromatic heterocycles. The normalized spacial score (nSPS) is 9.90. The topological polar surface area (TPSA) is 70.3 Å². The summed E-state index contributed by atoms with van der Waals surface area (Å²) in [5.41, 5.74) is 1.07. The summed E-state index contributed by atoms with van der Waals surface area (Å²) >= 11 is 0. The lowest BCUT2D eigenvalue weighted by molar-refractivity contribution is 0.0692. The Labute approximate surface area is 121 Å². The van der Waals surface area contributed by atoms with Gasteiger partial charge in [0.15, 0.2) is 0 Å². The van der Waals surface area contributed by atoms with Gasteiger partial charge in [-0.15, -0.1) is 0 Å². The van der Waals surface area contributed by atoms with Gasteiger partial charge in [-0.1, -0.05) is 18.2 Å². The molecule has 21 heavy (non-hydrogen) atoms. The standard InChI is InChI=1S/C16H12FNO3/c17-15-9-12(3-6-14(15)16(19)20)10-21-13-4-1-11(2-5-13)7-8-18/h1-6,9H,7,10H2,(H,19,20). The molecule has 0 aliphatic rings. The van der Waals surface area contributed by atoms with E-state index in [1.807, 2.05) is 0 Å². The molecule has 0 saturated carbocycles. The van der Waals surface area contributed by atoms with Crippen LogP contribution in [0.15, 0.2) is 42.5 Å². The first-order chi connectivity index (χ1) is 10.1. The molecule has 2 aromatic rings. The Morgan fingerprint density at radius 3 is 2.43 bits per heavy atom. The maximum atomic E-state index is 13.5. The highest BCUT2D eigenvalue weighted by molar-refractivity contribution is 5.87. The van der Waals surface area contributed by atoms with E-state index in [0.29, 0.717) is 17.7 Å². The van der Waals surface area contributed by atoms with Crippen molar-refractivity contribution in [3.8, 4) is 11.8 Å². The number of benzene rings is 2. The predicted molar refractivity (Wildman–Crippen MR) is 73.5 cm³/mol. The van der Waals surface area contributed by atoms with E-state index in [9.17, 15) is 9.18 Å². The molecule has 0 saturated heterocycles. The second-order valence-corrected chi connectivity index (χ2v) is 4.39. The number of aromatic carboxylic acids is 1. The molecule has 0 bridgehead atoms. The molecule has 0 aliphatic heterocycles. The smallest absolute Gasteiger partial charge is 0.338 e. The number of carboxylic acids is 1. The van der Waals surface area contributed by atoms with Gasteiger partial charge in [0, 0.05) is 0 Å². The van der Waals surface area contributed by atoms with Gasteiger partial charge in [0.2, 0.25) is 0 Å². The summed E-state index contributed by atoms with van der Waals surface area (Å²) in [7, 11) is 0. The molecule has 0 atom stereocenters. The van der Waals surface area contributed by atoms with Crippen LogP contribution >= 0.6 is 0 Å². The Morgan fingerprint density at radius 1 is 1.19 bits per heavy atom. The van der Waals surface area contributed by atoms with Gasteiger partial charge in [-0.3, -0.25) is 0 Å². The number of halogens is 1. The monoisotopic (exact) mass is 285 g/mol. The van der Waals surface area contributed by atoms with E-state index in [1.165, 1.54) is 12.1 Å². The fraction of sp³-hybridized carbons (Fsp3) is 0.125. The van der Waals surface area contributed by atoms with Crippen LogP contribution in [0.3, 0.4) is 0 Å². The van der Waals surface area contributed by atoms with Gasteiger partial charge in [-0.05, 0) is 35.4 Å². The summed E-state index contributed by atoms with van der Waals surface area (Å²) in [5, 5.41) is 17.3. The van der Waals surface area contributed by atoms with Crippen LogP contribution in [0.5, 0.6) is 5.75 Å². The molecule has 0 fully saturated rings. The highest BCUT2D eigenvalue weighted by atomic mass is 19.1. The van der Waals surface area contributed by atoms with Crippen LogP contribution < -0.4 is 4.74 Å². The van der Waals surface area contributed by atoms with Gasteiger partial charge in [0.1, 0.15) is 18.2 Å². The van der Waals surface area contributed by atoms with Crippen LogP contribution in [0.1, 0.15) is 21.5 Å². The Balaban J connectivity index is 2.01. The van der Waals surface area contributed by atoms with E-state index in [2.05, 4.69) is 6.07 Å². The van der Waals surface area contributed by atoms with E-state index >= 15 is 0 Å². The predicted octanol–water partition coefficient (Wildman–Crippen LogP) is 3.17. The van der Waals surface area contributed by atoms with Crippen LogP contribution in [0.4, 0.5) is 4.39 Å². The van der Waals surface area contributed by atoms with Crippen molar-refractivity contribution in [2.24, 2.45) is 0 Å². The number of carbonyl (C=O) groups is 1. The average molecular weight is 285 g/mol. The first-order valence-electron chi connectivity index (χ1n) is 6.20. The summed E-state index contributed by atoms with van der Waals surface area (Å²) in [6, 6.07) is 13.0. The zero-order chi connectivity index (χ0) is 15.2. The zero-order valence-corrected chi connectivity index (χ0v) is 11.0. The Kier molecular flexibility index (Phi) is 4.52. The second-order valence-electron chi connectivity index (χ2n) is 4.39. The third-order valence-corrected chi connectivity index (χ3v) is 2.88. The molecule has 2 aromatic carbocycles. The molecule has 2 rings (SSSR count). The van der Waals surface area contributed by atoms with Crippen molar-refractivity contribution in [1.82, 2.24) is 0 Å². The molecule has 0 radical (unpaired) electrons. The molecule has 0 heterocycles. The molecule has 0 unspecified atom stereocenters. The van der Waals surface area contributed by atoms with Crippen molar-refractivity contribution in [2.45, 2.75) is 13.0 Å². The van der Waals surface area contributed by atoms with Crippen molar-refractivity contribution in [1.29, 1.82) is 5.26 Å². The number of carboxylic acid groups (broad SMARTS) is 1. The molecular formula is C16H12FNO3. The van der Waals surface area contributed by atoms with Gasteiger partial charge in [0.25, 0.3) is 0 Å². The number of hydrogen-bond acceptors (Lipinski definition) is 3. The van der Waals surface area contributed by atoms with Crippen LogP contribution in [-0.4, -0.2) is 11.1 Å². The lowest BCUT2D eigenvalue weighted by atomic mass is 10.1. The van der Waals surface area contributed by atoms with Crippen molar-refractivity contribution in [2.75, 3.05) is 0 Å². The highest BCUT2D eigenvalue weighted by Gasteiger charge is 2.10. The first-order valence-corrected chi connectivity index (χ1v) is 6.20. The Morgan fingerprint density at radius 2 is 1.86 bits per heavy atom. The van der Waals surface area contributed by atoms with E-state index in [4.69, 9.17) is 15.1 Å². The SMILES string of the molecule is N#CCc1ccc(OCc2ccc(C(=O)O)c(F)c2)cc1. The van der Waals surface area contributed by atoms with Gasteiger partial charge >= 0.3 is 5.97 Å². The fourth-order valence-corrected chi connectivity index (χ4v) is 1.78. The lowest BCUT2D eigenvalue weighted by Crippen LogP contribution is -2.02. The lowest BCUT2D eigenvalue weighted by Gasteiger charge is -2.07. The minimum absolute atomic E-state index is 0.133. The first kappa shape index (κ1) is 14.5. The van der Waals surface area contributed by atoms with Gasteiger partial charge in [-0.25, -0.2) is 9.18 Å². The van der Waals surface area contributed by atoms with E-state index in [1.54, 1.807) is 24.3 Å². The molecule has 4 nitrogen and oxygen atoms in total. The number of ether oxygens (including phenoxy) is 1. The Bertz CT molecular complexity index is 690. The number of nitrogens with zero attached hydrogens (tertiary/aromatic N) is 1. The van der Waals surface area contributed by atoms with E-state index in [-0.39, 0.29) is 12.2 Å². The van der Waals surface area contributed by atoms with Gasteiger partial charge < -0.3 is 9.84 Å². The number of rotatable bonds is 5. The molecule has 5 heteroatoms. The Hall–Kier alpha value is -2.87. The summed E-state index contributed by atoms with van der Waals surface area (Å²) in [4.78, 5) is 10.7. The summed E-state index contributed by atoms with van der Waals surface area (Å²) < 4.78 is 19.0. The van der Waals surface area contributed by atoms with Crippen molar-refractivity contribution in [3.63, 3.8) is 0 Å². The average Bonchev–Trinajstić information content (AvgIpc) is 2.46. The van der Waals surface area contributed by atoms with Crippen molar-refractivity contribution < 1.29 is 19.0 Å². The molecule has 1 N–H and O–H groups in total. The number of hydrogen-bond donors (Lipinski definition) is 1. The fourth-order valence-electron chi connectivity index (χ4n) is 1.78. The van der Waals surface area contributed by atoms with Gasteiger partial charge in [0.05, 0.1) is 18.1 Å². The third kappa shape index (κ3) is 3.80. The highest BCUT2D eigenvalue weighted by Crippen LogP contribution is 2.16.